The van der Waals surface area contributed by atoms with Crippen molar-refractivity contribution in [2.45, 2.75) is 56.7 Å². The monoisotopic (exact) mass is 666 g/mol. The highest BCUT2D eigenvalue weighted by molar-refractivity contribution is 8.02. The highest BCUT2D eigenvalue weighted by atomic mass is 32.3. The number of ether oxygens (including phenoxy) is 1. The average Bonchev–Trinajstić information content (AvgIpc) is 3.43. The van der Waals surface area contributed by atoms with Crippen LogP contribution in [0.4, 0.5) is 5.82 Å². The molecule has 2 unspecified atom stereocenters. The van der Waals surface area contributed by atoms with E-state index in [-0.39, 0.29) is 25.3 Å². The number of nitrogens with two attached hydrogens (primary N) is 1. The number of benzene rings is 1. The minimum absolute atomic E-state index is 0.000806. The minimum atomic E-state index is -4.99. The summed E-state index contributed by atoms with van der Waals surface area (Å²) in [5, 5.41) is 19.3. The highest BCUT2D eigenvalue weighted by Crippen LogP contribution is 2.23. The van der Waals surface area contributed by atoms with Crippen molar-refractivity contribution in [3.05, 3.63) is 41.4 Å². The van der Waals surface area contributed by atoms with E-state index in [1.54, 1.807) is 5.41 Å². The number of rotatable bonds is 15. The Morgan fingerprint density at radius 3 is 2.71 bits per heavy atom. The third kappa shape index (κ3) is 9.65. The molecule has 3 heterocycles. The van der Waals surface area contributed by atoms with Crippen molar-refractivity contribution in [3.63, 3.8) is 0 Å². The van der Waals surface area contributed by atoms with Crippen LogP contribution >= 0.6 is 11.8 Å². The Labute approximate surface area is 265 Å². The number of piperidine rings is 1. The van der Waals surface area contributed by atoms with Gasteiger partial charge in [0.05, 0.1) is 22.8 Å². The average molecular weight is 667 g/mol. The Hall–Kier alpha value is -3.68. The fourth-order valence-electron chi connectivity index (χ4n) is 4.44. The molecule has 4 rings (SSSR count). The molecule has 2 amide bonds. The second-order valence-electron chi connectivity index (χ2n) is 10.9. The number of carbonyl (C=O) groups is 2. The van der Waals surface area contributed by atoms with Gasteiger partial charge in [-0.3, -0.25) is 14.1 Å². The molecule has 246 valence electrons. The lowest BCUT2D eigenvalue weighted by atomic mass is 9.95. The molecule has 0 bridgehead atoms. The summed E-state index contributed by atoms with van der Waals surface area (Å²) in [4.78, 5) is 34.8. The van der Waals surface area contributed by atoms with Gasteiger partial charge >= 0.3 is 10.4 Å². The van der Waals surface area contributed by atoms with E-state index < -0.39 is 33.4 Å². The van der Waals surface area contributed by atoms with Crippen molar-refractivity contribution in [2.24, 2.45) is 10.9 Å². The quantitative estimate of drug-likeness (QED) is 0.0515. The highest BCUT2D eigenvalue weighted by Gasteiger charge is 2.38. The lowest BCUT2D eigenvalue weighted by Crippen LogP contribution is -2.58. The molecule has 2 aliphatic rings. The molecule has 1 aromatic carbocycles. The topological polar surface area (TPSA) is 219 Å². The van der Waals surface area contributed by atoms with Crippen molar-refractivity contribution in [2.75, 3.05) is 31.6 Å². The second-order valence-corrected chi connectivity index (χ2v) is 12.9. The first-order valence-corrected chi connectivity index (χ1v) is 16.5. The summed E-state index contributed by atoms with van der Waals surface area (Å²) in [5.41, 5.74) is 4.94. The summed E-state index contributed by atoms with van der Waals surface area (Å²) in [6, 6.07) is 9.02. The van der Waals surface area contributed by atoms with Gasteiger partial charge in [-0.1, -0.05) is 16.9 Å². The van der Waals surface area contributed by atoms with Crippen LogP contribution in [-0.4, -0.2) is 90.5 Å². The fraction of sp³-hybridized carbons (Fsp3) is 0.481. The number of aromatic nitrogens is 1. The number of pyridine rings is 1. The number of fused-ring (bicyclic) bond motifs is 1. The van der Waals surface area contributed by atoms with Gasteiger partial charge in [0.15, 0.2) is 12.3 Å². The molecule has 2 aromatic rings. The zero-order valence-electron chi connectivity index (χ0n) is 25.1. The van der Waals surface area contributed by atoms with Gasteiger partial charge in [-0.25, -0.2) is 4.98 Å². The van der Waals surface area contributed by atoms with Crippen LogP contribution in [0.15, 0.2) is 46.6 Å². The number of hydrogen-bond donors (Lipinski definition) is 6. The standard InChI is InChI=1S/C27H38N8O8S2/c1-17(27(2,3)35(16-36)43-45(38,39)40)30-25(37)24(22-15-44-26(28)33-22)34-42-13-12-41-20-5-6-21-18(14-20)4-7-23(32-21)31-19-8-10-29-11-9-19/h4-7,14-17,19,26,29,33H,8-13,28H2,1-3H3,(H,30,37)(H,31,32)(H,38,39,40)/b34-24-. The zero-order chi connectivity index (χ0) is 32.6. The normalized spacial score (nSPS) is 18.5. The molecule has 1 fully saturated rings. The molecule has 0 radical (unpaired) electrons. The number of thioether (sulfide) groups is 1. The van der Waals surface area contributed by atoms with E-state index in [1.165, 1.54) is 32.5 Å². The Bertz CT molecular complexity index is 1530. The van der Waals surface area contributed by atoms with Crippen LogP contribution in [0.5, 0.6) is 5.75 Å². The minimum Gasteiger partial charge on any atom is -0.490 e. The summed E-state index contributed by atoms with van der Waals surface area (Å²) in [7, 11) is -4.99. The second kappa shape index (κ2) is 15.1. The molecular weight excluding hydrogens is 628 g/mol. The maximum absolute atomic E-state index is 13.2. The van der Waals surface area contributed by atoms with Crippen LogP contribution in [0.2, 0.25) is 0 Å². The molecule has 2 aliphatic heterocycles. The number of carbonyl (C=O) groups excluding carboxylic acids is 2. The zero-order valence-corrected chi connectivity index (χ0v) is 26.7. The van der Waals surface area contributed by atoms with Gasteiger partial charge in [-0.2, -0.15) is 13.5 Å². The predicted molar refractivity (Wildman–Crippen MR) is 169 cm³/mol. The van der Waals surface area contributed by atoms with Crippen LogP contribution in [0.25, 0.3) is 10.9 Å². The lowest BCUT2D eigenvalue weighted by Gasteiger charge is -2.37. The summed E-state index contributed by atoms with van der Waals surface area (Å²) >= 11 is 1.22. The fourth-order valence-corrected chi connectivity index (χ4v) is 5.53. The maximum atomic E-state index is 13.2. The van der Waals surface area contributed by atoms with E-state index in [9.17, 15) is 18.0 Å². The van der Waals surface area contributed by atoms with E-state index in [0.717, 1.165) is 42.7 Å². The van der Waals surface area contributed by atoms with Gasteiger partial charge in [0.1, 0.15) is 23.7 Å². The molecule has 1 saturated heterocycles. The molecule has 0 spiro atoms. The third-order valence-electron chi connectivity index (χ3n) is 7.30. The summed E-state index contributed by atoms with van der Waals surface area (Å²) in [5.74, 6) is 0.740. The van der Waals surface area contributed by atoms with Gasteiger partial charge in [-0.05, 0) is 77.0 Å². The molecule has 0 aliphatic carbocycles. The van der Waals surface area contributed by atoms with Crippen molar-refractivity contribution in [1.82, 2.24) is 26.0 Å². The smallest absolute Gasteiger partial charge is 0.418 e. The van der Waals surface area contributed by atoms with Crippen LogP contribution in [-0.2, 0) is 29.1 Å². The number of anilines is 1. The van der Waals surface area contributed by atoms with E-state index in [0.29, 0.717) is 22.6 Å². The van der Waals surface area contributed by atoms with Gasteiger partial charge < -0.3 is 36.6 Å². The van der Waals surface area contributed by atoms with Crippen LogP contribution in [0.3, 0.4) is 0 Å². The molecule has 45 heavy (non-hydrogen) atoms. The number of nitrogens with zero attached hydrogens (tertiary/aromatic N) is 3. The maximum Gasteiger partial charge on any atom is 0.418 e. The van der Waals surface area contributed by atoms with Gasteiger partial charge in [0, 0.05) is 16.8 Å². The Kier molecular flexibility index (Phi) is 11.5. The van der Waals surface area contributed by atoms with E-state index in [2.05, 4.69) is 30.7 Å². The number of nitrogens with one attached hydrogen (secondary N) is 4. The van der Waals surface area contributed by atoms with E-state index >= 15 is 0 Å². The third-order valence-corrected chi connectivity index (χ3v) is 8.43. The molecule has 7 N–H and O–H groups in total. The largest absolute Gasteiger partial charge is 0.490 e. The van der Waals surface area contributed by atoms with Crippen LogP contribution in [0.1, 0.15) is 33.6 Å². The summed E-state index contributed by atoms with van der Waals surface area (Å²) in [6.45, 7) is 6.47. The van der Waals surface area contributed by atoms with Crippen molar-refractivity contribution < 1.29 is 36.4 Å². The molecule has 18 heteroatoms. The van der Waals surface area contributed by atoms with Crippen LogP contribution < -0.4 is 31.7 Å². The first kappa shape index (κ1) is 34.2. The molecular formula is C27H38N8O8S2. The first-order chi connectivity index (χ1) is 21.4. The van der Waals surface area contributed by atoms with E-state index in [1.807, 2.05) is 30.3 Å². The SMILES string of the molecule is CC(NC(=O)/C(=N\OCCOc1ccc2nc(NC3CCNCC3)ccc2c1)C1=CSC(N)N1)C(C)(C)N(C=O)OS(=O)(=O)O. The van der Waals surface area contributed by atoms with Crippen LogP contribution in [0, 0.1) is 0 Å². The summed E-state index contributed by atoms with van der Waals surface area (Å²) in [6.07, 6.45) is 2.18. The van der Waals surface area contributed by atoms with Gasteiger partial charge in [-0.15, -0.1) is 4.28 Å². The van der Waals surface area contributed by atoms with Crippen molar-refractivity contribution >= 4 is 56.9 Å². The molecule has 16 nitrogen and oxygen atoms in total. The first-order valence-electron chi connectivity index (χ1n) is 14.2. The Balaban J connectivity index is 1.34. The number of oxime groups is 1. The Morgan fingerprint density at radius 1 is 1.29 bits per heavy atom. The van der Waals surface area contributed by atoms with Gasteiger partial charge in [0.2, 0.25) is 6.41 Å². The molecule has 2 atom stereocenters. The molecule has 1 aromatic heterocycles. The molecule has 0 saturated carbocycles. The lowest BCUT2D eigenvalue weighted by molar-refractivity contribution is -0.166. The van der Waals surface area contributed by atoms with Crippen molar-refractivity contribution in [1.29, 1.82) is 0 Å². The summed E-state index contributed by atoms with van der Waals surface area (Å²) < 4.78 is 41.5. The van der Waals surface area contributed by atoms with Gasteiger partial charge in [0.25, 0.3) is 5.91 Å². The van der Waals surface area contributed by atoms with E-state index in [4.69, 9.17) is 24.8 Å². The number of hydroxylamine groups is 2. The van der Waals surface area contributed by atoms with Crippen molar-refractivity contribution in [3.8, 4) is 5.75 Å². The number of amides is 2. The predicted octanol–water partition coefficient (Wildman–Crippen LogP) is 1.05. The Morgan fingerprint density at radius 2 is 2.04 bits per heavy atom. The number of hydrogen-bond acceptors (Lipinski definition) is 14.